The van der Waals surface area contributed by atoms with Crippen LogP contribution in [0.2, 0.25) is 0 Å². The lowest BCUT2D eigenvalue weighted by Gasteiger charge is -2.41. The summed E-state index contributed by atoms with van der Waals surface area (Å²) in [5, 5.41) is 15.4. The van der Waals surface area contributed by atoms with Crippen molar-refractivity contribution in [2.24, 2.45) is 5.92 Å². The maximum Gasteiger partial charge on any atom is 0.253 e. The van der Waals surface area contributed by atoms with Crippen molar-refractivity contribution < 1.29 is 24.2 Å². The molecule has 4 aromatic carbocycles. The molecule has 6 rings (SSSR count). The maximum atomic E-state index is 12.6. The third kappa shape index (κ3) is 8.82. The first-order chi connectivity index (χ1) is 23.9. The average Bonchev–Trinajstić information content (AvgIpc) is 3.14. The zero-order valence-corrected chi connectivity index (χ0v) is 28.2. The zero-order chi connectivity index (χ0) is 34.2. The van der Waals surface area contributed by atoms with Gasteiger partial charge >= 0.3 is 0 Å². The number of ether oxygens (including phenoxy) is 2. The Morgan fingerprint density at radius 1 is 0.837 bits per heavy atom. The van der Waals surface area contributed by atoms with E-state index in [0.717, 1.165) is 44.0 Å². The lowest BCUT2D eigenvalue weighted by Crippen LogP contribution is -2.38. The molecule has 5 aromatic rings. The molecule has 0 radical (unpaired) electrons. The molecule has 0 aliphatic carbocycles. The number of hydrogen-bond acceptors (Lipinski definition) is 7. The van der Waals surface area contributed by atoms with Crippen LogP contribution in [0.25, 0.3) is 11.1 Å². The monoisotopic (exact) mass is 673 g/mol. The van der Waals surface area contributed by atoms with Gasteiger partial charge in [-0.2, -0.15) is 0 Å². The Morgan fingerprint density at radius 3 is 2.31 bits per heavy atom. The fraction of sp³-hybridized carbons (Fsp3) is 0.225. The van der Waals surface area contributed by atoms with E-state index in [1.165, 1.54) is 6.92 Å². The Hall–Kier alpha value is -4.80. The highest BCUT2D eigenvalue weighted by molar-refractivity contribution is 7.99. The third-order valence-corrected chi connectivity index (χ3v) is 9.61. The maximum absolute atomic E-state index is 12.6. The molecular formula is C40H39N3O5S. The Labute approximate surface area is 290 Å². The van der Waals surface area contributed by atoms with E-state index < -0.39 is 6.29 Å². The number of rotatable bonds is 11. The van der Waals surface area contributed by atoms with Crippen LogP contribution >= 0.6 is 11.8 Å². The van der Waals surface area contributed by atoms with Crippen LogP contribution in [0.4, 0.5) is 5.69 Å². The normalized spacial score (nSPS) is 18.8. The summed E-state index contributed by atoms with van der Waals surface area (Å²) in [6.45, 7) is 4.02. The van der Waals surface area contributed by atoms with Crippen LogP contribution in [0.15, 0.2) is 126 Å². The molecule has 0 saturated carbocycles. The van der Waals surface area contributed by atoms with E-state index in [4.69, 9.17) is 9.47 Å². The summed E-state index contributed by atoms with van der Waals surface area (Å²) >= 11 is 1.71. The molecule has 2 amide bonds. The molecule has 0 spiro atoms. The number of carbonyl (C=O) groups excluding carboxylic acids is 2. The smallest absolute Gasteiger partial charge is 0.253 e. The summed E-state index contributed by atoms with van der Waals surface area (Å²) < 4.78 is 13.4. The topological polar surface area (TPSA) is 110 Å². The first kappa shape index (κ1) is 34.1. The quantitative estimate of drug-likeness (QED) is 0.123. The number of aliphatic hydroxyl groups excluding tert-OH is 1. The number of pyridine rings is 1. The minimum Gasteiger partial charge on any atom is -0.392 e. The van der Waals surface area contributed by atoms with E-state index in [1.807, 2.05) is 72.8 Å². The van der Waals surface area contributed by atoms with Crippen LogP contribution in [0.1, 0.15) is 58.9 Å². The van der Waals surface area contributed by atoms with Gasteiger partial charge in [-0.05, 0) is 76.3 Å². The minimum absolute atomic E-state index is 0.0159. The summed E-state index contributed by atoms with van der Waals surface area (Å²) in [6, 6.07) is 35.5. The van der Waals surface area contributed by atoms with Gasteiger partial charge in [-0.1, -0.05) is 67.6 Å². The molecule has 1 saturated heterocycles. The van der Waals surface area contributed by atoms with E-state index in [2.05, 4.69) is 46.8 Å². The van der Waals surface area contributed by atoms with Gasteiger partial charge in [0.25, 0.3) is 5.91 Å². The predicted molar refractivity (Wildman–Crippen MR) is 192 cm³/mol. The molecule has 3 N–H and O–H groups in total. The average molecular weight is 674 g/mol. The first-order valence-electron chi connectivity index (χ1n) is 16.2. The Bertz CT molecular complexity index is 1870. The summed E-state index contributed by atoms with van der Waals surface area (Å²) in [5.41, 5.74) is 7.08. The lowest BCUT2D eigenvalue weighted by atomic mass is 9.91. The van der Waals surface area contributed by atoms with Gasteiger partial charge in [0.2, 0.25) is 5.91 Å². The number of carbonyl (C=O) groups is 2. The zero-order valence-electron chi connectivity index (χ0n) is 27.4. The van der Waals surface area contributed by atoms with Gasteiger partial charge in [0.05, 0.1) is 24.4 Å². The number of nitrogens with one attached hydrogen (secondary N) is 2. The van der Waals surface area contributed by atoms with Gasteiger partial charge in [-0.25, -0.2) is 0 Å². The molecule has 8 nitrogen and oxygen atoms in total. The number of amides is 2. The minimum atomic E-state index is -0.603. The number of anilines is 1. The predicted octanol–water partition coefficient (Wildman–Crippen LogP) is 7.71. The van der Waals surface area contributed by atoms with Crippen molar-refractivity contribution in [3.8, 4) is 11.1 Å². The Balaban J connectivity index is 1.21. The number of nitrogens with zero attached hydrogens (tertiary/aromatic N) is 1. The molecular weight excluding hydrogens is 635 g/mol. The first-order valence-corrected chi connectivity index (χ1v) is 17.2. The second kappa shape index (κ2) is 16.1. The molecule has 9 heteroatoms. The van der Waals surface area contributed by atoms with Crippen LogP contribution in [-0.2, 0) is 27.4 Å². The third-order valence-electron chi connectivity index (χ3n) is 8.51. The van der Waals surface area contributed by atoms with Crippen molar-refractivity contribution in [1.29, 1.82) is 0 Å². The van der Waals surface area contributed by atoms with E-state index in [1.54, 1.807) is 36.3 Å². The van der Waals surface area contributed by atoms with Crippen molar-refractivity contribution in [1.82, 2.24) is 10.3 Å². The molecule has 1 fully saturated rings. The molecule has 49 heavy (non-hydrogen) atoms. The summed E-state index contributed by atoms with van der Waals surface area (Å²) in [5.74, 6) is 0.481. The summed E-state index contributed by atoms with van der Waals surface area (Å²) in [7, 11) is 0. The highest BCUT2D eigenvalue weighted by Crippen LogP contribution is 2.43. The van der Waals surface area contributed by atoms with Gasteiger partial charge in [0.1, 0.15) is 0 Å². The SMILES string of the molecule is CC(=O)Nc1ccc(SC[C@H]2O[C@@H](c3cccc(-c4cccc(CNC(=O)c5cccnc5)c4)c3)O[C@@H](c3ccc(CO)cc3)[C@H]2C)cc1. The van der Waals surface area contributed by atoms with Gasteiger partial charge in [-0.3, -0.25) is 14.6 Å². The number of hydrogen-bond donors (Lipinski definition) is 3. The van der Waals surface area contributed by atoms with Crippen LogP contribution < -0.4 is 10.6 Å². The van der Waals surface area contributed by atoms with Gasteiger partial charge in [0, 0.05) is 53.7 Å². The summed E-state index contributed by atoms with van der Waals surface area (Å²) in [4.78, 5) is 29.1. The second-order valence-electron chi connectivity index (χ2n) is 12.1. The molecule has 4 atom stereocenters. The van der Waals surface area contributed by atoms with Crippen LogP contribution in [0.5, 0.6) is 0 Å². The van der Waals surface area contributed by atoms with Crippen molar-refractivity contribution in [2.45, 2.75) is 50.4 Å². The number of thioether (sulfide) groups is 1. The summed E-state index contributed by atoms with van der Waals surface area (Å²) in [6.07, 6.45) is 2.24. The molecule has 1 aliphatic heterocycles. The fourth-order valence-electron chi connectivity index (χ4n) is 5.83. The molecule has 0 unspecified atom stereocenters. The van der Waals surface area contributed by atoms with Crippen molar-refractivity contribution in [3.05, 3.63) is 149 Å². The highest BCUT2D eigenvalue weighted by atomic mass is 32.2. The highest BCUT2D eigenvalue weighted by Gasteiger charge is 2.38. The fourth-order valence-corrected chi connectivity index (χ4v) is 6.90. The molecule has 1 aromatic heterocycles. The molecule has 2 heterocycles. The van der Waals surface area contributed by atoms with Gasteiger partial charge in [0.15, 0.2) is 6.29 Å². The number of aromatic nitrogens is 1. The Kier molecular flexibility index (Phi) is 11.2. The standard InChI is InChI=1S/C40H39N3O5S/c1-26-37(25-49-36-17-15-35(16-18-36)43-27(2)45)47-40(48-38(26)30-13-11-28(24-44)12-14-30)33-9-4-8-32(21-33)31-7-3-6-29(20-31)22-42-39(46)34-10-5-19-41-23-34/h3-21,23,26,37-38,40,44H,22,24-25H2,1-2H3,(H,42,46)(H,43,45)/t26-,37+,38+,40+/m0/s1. The van der Waals surface area contributed by atoms with Gasteiger partial charge < -0.3 is 25.2 Å². The lowest BCUT2D eigenvalue weighted by molar-refractivity contribution is -0.268. The largest absolute Gasteiger partial charge is 0.392 e. The number of aliphatic hydroxyl groups is 1. The molecule has 250 valence electrons. The number of benzene rings is 4. The van der Waals surface area contributed by atoms with E-state index in [9.17, 15) is 14.7 Å². The molecule has 1 aliphatic rings. The molecule has 0 bridgehead atoms. The van der Waals surface area contributed by atoms with Crippen LogP contribution in [0, 0.1) is 5.92 Å². The van der Waals surface area contributed by atoms with Gasteiger partial charge in [-0.15, -0.1) is 11.8 Å². The van der Waals surface area contributed by atoms with Crippen molar-refractivity contribution in [3.63, 3.8) is 0 Å². The van der Waals surface area contributed by atoms with Crippen molar-refractivity contribution >= 4 is 29.3 Å². The van der Waals surface area contributed by atoms with Crippen LogP contribution in [-0.4, -0.2) is 33.8 Å². The van der Waals surface area contributed by atoms with Crippen LogP contribution in [0.3, 0.4) is 0 Å². The van der Waals surface area contributed by atoms with E-state index in [0.29, 0.717) is 17.9 Å². The Morgan fingerprint density at radius 2 is 1.59 bits per heavy atom. The van der Waals surface area contributed by atoms with E-state index in [-0.39, 0.29) is 36.5 Å². The second-order valence-corrected chi connectivity index (χ2v) is 13.2. The van der Waals surface area contributed by atoms with E-state index >= 15 is 0 Å². The van der Waals surface area contributed by atoms with Crippen molar-refractivity contribution in [2.75, 3.05) is 11.1 Å².